The van der Waals surface area contributed by atoms with E-state index in [0.717, 1.165) is 42.1 Å². The van der Waals surface area contributed by atoms with Crippen molar-refractivity contribution in [1.82, 2.24) is 24.8 Å². The predicted octanol–water partition coefficient (Wildman–Crippen LogP) is 2.33. The number of halogens is 1. The molecule has 3 aromatic heterocycles. The third kappa shape index (κ3) is 2.50. The Hall–Kier alpha value is -2.67. The molecule has 0 aromatic carbocycles. The van der Waals surface area contributed by atoms with E-state index in [1.165, 1.54) is 6.07 Å². The zero-order valence-electron chi connectivity index (χ0n) is 14.5. The quantitative estimate of drug-likeness (QED) is 0.723. The van der Waals surface area contributed by atoms with Crippen molar-refractivity contribution in [3.63, 3.8) is 0 Å². The second-order valence-corrected chi connectivity index (χ2v) is 7.06. The zero-order chi connectivity index (χ0) is 17.7. The second kappa shape index (κ2) is 5.95. The number of anilines is 1. The molecule has 6 rings (SSSR count). The van der Waals surface area contributed by atoms with E-state index in [1.807, 2.05) is 13.0 Å². The van der Waals surface area contributed by atoms with E-state index in [1.54, 1.807) is 24.7 Å². The SMILES string of the molecule is Cc1nc(N2C3CC2CN(Cc2ncccc2F)C3)c2ccncc2n1. The van der Waals surface area contributed by atoms with Gasteiger partial charge in [-0.25, -0.2) is 14.4 Å². The van der Waals surface area contributed by atoms with Crippen LogP contribution in [0.5, 0.6) is 0 Å². The van der Waals surface area contributed by atoms with Crippen molar-refractivity contribution >= 4 is 16.7 Å². The molecule has 6 heterocycles. The smallest absolute Gasteiger partial charge is 0.146 e. The summed E-state index contributed by atoms with van der Waals surface area (Å²) in [5, 5.41) is 1.05. The summed E-state index contributed by atoms with van der Waals surface area (Å²) in [5.41, 5.74) is 1.40. The van der Waals surface area contributed by atoms with Crippen LogP contribution in [0.15, 0.2) is 36.8 Å². The van der Waals surface area contributed by atoms with E-state index < -0.39 is 0 Å². The molecule has 3 fully saturated rings. The molecule has 2 atom stereocenters. The molecule has 0 radical (unpaired) electrons. The fourth-order valence-electron chi connectivity index (χ4n) is 4.19. The minimum Gasteiger partial charge on any atom is -0.347 e. The Bertz CT molecular complexity index is 965. The minimum atomic E-state index is -0.228. The van der Waals surface area contributed by atoms with Crippen LogP contribution >= 0.6 is 0 Å². The number of fused-ring (bicyclic) bond motifs is 3. The van der Waals surface area contributed by atoms with Crippen LogP contribution in [-0.2, 0) is 6.54 Å². The van der Waals surface area contributed by atoms with Gasteiger partial charge in [0.2, 0.25) is 0 Å². The van der Waals surface area contributed by atoms with E-state index in [2.05, 4.69) is 24.8 Å². The number of rotatable bonds is 3. The highest BCUT2D eigenvalue weighted by Gasteiger charge is 2.45. The van der Waals surface area contributed by atoms with Gasteiger partial charge in [0.05, 0.1) is 17.4 Å². The van der Waals surface area contributed by atoms with Crippen LogP contribution in [0.2, 0.25) is 0 Å². The van der Waals surface area contributed by atoms with Gasteiger partial charge in [-0.05, 0) is 31.5 Å². The highest BCUT2D eigenvalue weighted by atomic mass is 19.1. The lowest BCUT2D eigenvalue weighted by molar-refractivity contribution is 0.106. The molecule has 2 bridgehead atoms. The number of aryl methyl sites for hydroxylation is 1. The number of aromatic nitrogens is 4. The first kappa shape index (κ1) is 15.6. The fraction of sp³-hybridized carbons (Fsp3) is 0.368. The monoisotopic (exact) mass is 350 g/mol. The molecule has 132 valence electrons. The maximum Gasteiger partial charge on any atom is 0.146 e. The number of piperidine rings is 1. The number of hydrogen-bond acceptors (Lipinski definition) is 6. The number of pyridine rings is 2. The Labute approximate surface area is 150 Å². The molecular formula is C19H19FN6. The van der Waals surface area contributed by atoms with Crippen LogP contribution in [0.25, 0.3) is 10.9 Å². The Morgan fingerprint density at radius 2 is 2.00 bits per heavy atom. The van der Waals surface area contributed by atoms with E-state index in [9.17, 15) is 4.39 Å². The highest BCUT2D eigenvalue weighted by Crippen LogP contribution is 2.39. The molecule has 26 heavy (non-hydrogen) atoms. The van der Waals surface area contributed by atoms with Gasteiger partial charge in [0.15, 0.2) is 0 Å². The summed E-state index contributed by atoms with van der Waals surface area (Å²) in [5.74, 6) is 1.53. The summed E-state index contributed by atoms with van der Waals surface area (Å²) in [4.78, 5) is 22.3. The Morgan fingerprint density at radius 3 is 2.81 bits per heavy atom. The predicted molar refractivity (Wildman–Crippen MR) is 96.2 cm³/mol. The standard InChI is InChI=1S/C19H19FN6/c1-12-23-17-8-21-6-4-15(17)19(24-12)26-13-7-14(26)10-25(9-13)11-18-16(20)3-2-5-22-18/h2-6,8,13-14H,7,9-11H2,1H3. The van der Waals surface area contributed by atoms with E-state index in [-0.39, 0.29) is 5.82 Å². The van der Waals surface area contributed by atoms with Crippen LogP contribution in [0.4, 0.5) is 10.2 Å². The summed E-state index contributed by atoms with van der Waals surface area (Å²) >= 11 is 0. The lowest BCUT2D eigenvalue weighted by Gasteiger charge is -2.57. The molecule has 0 aliphatic carbocycles. The van der Waals surface area contributed by atoms with Gasteiger partial charge in [0.25, 0.3) is 0 Å². The Balaban J connectivity index is 1.40. The van der Waals surface area contributed by atoms with E-state index in [4.69, 9.17) is 4.98 Å². The van der Waals surface area contributed by atoms with Crippen LogP contribution in [0, 0.1) is 12.7 Å². The largest absolute Gasteiger partial charge is 0.347 e. The molecule has 0 saturated carbocycles. The summed E-state index contributed by atoms with van der Waals surface area (Å²) in [6.07, 6.45) is 6.38. The molecule has 3 aromatic rings. The molecule has 6 nitrogen and oxygen atoms in total. The number of piperazine rings is 1. The van der Waals surface area contributed by atoms with Crippen molar-refractivity contribution in [3.8, 4) is 0 Å². The zero-order valence-corrected chi connectivity index (χ0v) is 14.5. The van der Waals surface area contributed by atoms with Crippen molar-refractivity contribution < 1.29 is 4.39 Å². The van der Waals surface area contributed by atoms with Gasteiger partial charge in [-0.3, -0.25) is 14.9 Å². The lowest BCUT2D eigenvalue weighted by atomic mass is 9.87. The van der Waals surface area contributed by atoms with Gasteiger partial charge < -0.3 is 4.90 Å². The molecule has 0 amide bonds. The van der Waals surface area contributed by atoms with Gasteiger partial charge in [0, 0.05) is 49.5 Å². The molecule has 0 spiro atoms. The van der Waals surface area contributed by atoms with Gasteiger partial charge in [-0.2, -0.15) is 0 Å². The normalized spacial score (nSPS) is 22.5. The van der Waals surface area contributed by atoms with E-state index >= 15 is 0 Å². The molecular weight excluding hydrogens is 331 g/mol. The first-order valence-corrected chi connectivity index (χ1v) is 8.87. The molecule has 3 aliphatic heterocycles. The third-order valence-corrected chi connectivity index (χ3v) is 5.31. The van der Waals surface area contributed by atoms with Crippen LogP contribution in [-0.4, -0.2) is 50.0 Å². The van der Waals surface area contributed by atoms with Crippen molar-refractivity contribution in [2.24, 2.45) is 0 Å². The molecule has 7 heteroatoms. The summed E-state index contributed by atoms with van der Waals surface area (Å²) in [6.45, 7) is 4.26. The first-order chi connectivity index (χ1) is 12.7. The fourth-order valence-corrected chi connectivity index (χ4v) is 4.19. The average Bonchev–Trinajstić information content (AvgIpc) is 2.63. The van der Waals surface area contributed by atoms with E-state index in [0.29, 0.717) is 24.3 Å². The Morgan fingerprint density at radius 1 is 1.15 bits per heavy atom. The van der Waals surface area contributed by atoms with Crippen molar-refractivity contribution in [3.05, 3.63) is 54.1 Å². The maximum atomic E-state index is 13.9. The van der Waals surface area contributed by atoms with Crippen LogP contribution < -0.4 is 4.90 Å². The molecule has 3 saturated heterocycles. The first-order valence-electron chi connectivity index (χ1n) is 8.87. The van der Waals surface area contributed by atoms with Crippen molar-refractivity contribution in [1.29, 1.82) is 0 Å². The second-order valence-electron chi connectivity index (χ2n) is 7.06. The van der Waals surface area contributed by atoms with Crippen LogP contribution in [0.1, 0.15) is 17.9 Å². The number of hydrogen-bond donors (Lipinski definition) is 0. The number of nitrogens with zero attached hydrogens (tertiary/aromatic N) is 6. The van der Waals surface area contributed by atoms with Crippen LogP contribution in [0.3, 0.4) is 0 Å². The molecule has 3 aliphatic rings. The third-order valence-electron chi connectivity index (χ3n) is 5.31. The van der Waals surface area contributed by atoms with Gasteiger partial charge in [-0.15, -0.1) is 0 Å². The molecule has 2 unspecified atom stereocenters. The Kier molecular flexibility index (Phi) is 3.56. The van der Waals surface area contributed by atoms with Gasteiger partial charge in [-0.1, -0.05) is 0 Å². The minimum absolute atomic E-state index is 0.228. The highest BCUT2D eigenvalue weighted by molar-refractivity contribution is 5.89. The summed E-state index contributed by atoms with van der Waals surface area (Å²) in [6, 6.07) is 5.88. The lowest BCUT2D eigenvalue weighted by Crippen LogP contribution is -2.69. The van der Waals surface area contributed by atoms with Crippen molar-refractivity contribution in [2.75, 3.05) is 18.0 Å². The summed E-state index contributed by atoms with van der Waals surface area (Å²) < 4.78 is 13.9. The van der Waals surface area contributed by atoms with Gasteiger partial charge in [0.1, 0.15) is 17.5 Å². The topological polar surface area (TPSA) is 58.0 Å². The maximum absolute atomic E-state index is 13.9. The summed E-state index contributed by atoms with van der Waals surface area (Å²) in [7, 11) is 0. The average molecular weight is 350 g/mol. The molecule has 0 N–H and O–H groups in total. The van der Waals surface area contributed by atoms with Crippen molar-refractivity contribution in [2.45, 2.75) is 32.0 Å². The van der Waals surface area contributed by atoms with Gasteiger partial charge >= 0.3 is 0 Å².